The number of carboxylic acid groups (broad SMARTS) is 1. The van der Waals surface area contributed by atoms with E-state index in [1.54, 1.807) is 0 Å². The van der Waals surface area contributed by atoms with Crippen LogP contribution in [-0.2, 0) is 0 Å². The Bertz CT molecular complexity index is 645. The maximum atomic E-state index is 10.9. The number of hydrogen-bond donors (Lipinski definition) is 2. The predicted molar refractivity (Wildman–Crippen MR) is 50.1 cm³/mol. The van der Waals surface area contributed by atoms with Gasteiger partial charge in [-0.2, -0.15) is 0 Å². The van der Waals surface area contributed by atoms with E-state index >= 15 is 0 Å². The van der Waals surface area contributed by atoms with Crippen LogP contribution in [0.4, 0.5) is 0 Å². The number of rotatable bonds is 1. The number of aromatic carboxylic acids is 1. The molecular formula is C10H5KO6. The van der Waals surface area contributed by atoms with Crippen molar-refractivity contribution in [3.8, 4) is 11.5 Å². The van der Waals surface area contributed by atoms with E-state index in [1.165, 1.54) is 6.07 Å². The van der Waals surface area contributed by atoms with E-state index < -0.39 is 23.1 Å². The molecule has 0 aliphatic heterocycles. The summed E-state index contributed by atoms with van der Waals surface area (Å²) in [6.45, 7) is 0. The molecule has 17 heavy (non-hydrogen) atoms. The molecule has 0 unspecified atom stereocenters. The van der Waals surface area contributed by atoms with E-state index in [-0.39, 0.29) is 67.9 Å². The molecule has 0 fully saturated rings. The summed E-state index contributed by atoms with van der Waals surface area (Å²) in [6.07, 6.45) is 0. The van der Waals surface area contributed by atoms with Gasteiger partial charge in [-0.3, -0.25) is 0 Å². The minimum atomic E-state index is -1.55. The Morgan fingerprint density at radius 1 is 1.29 bits per heavy atom. The van der Waals surface area contributed by atoms with E-state index in [0.717, 1.165) is 12.1 Å². The van der Waals surface area contributed by atoms with Crippen LogP contribution in [0.15, 0.2) is 27.4 Å². The van der Waals surface area contributed by atoms with Gasteiger partial charge in [0.25, 0.3) is 0 Å². The molecule has 0 saturated heterocycles. The van der Waals surface area contributed by atoms with Crippen LogP contribution in [-0.4, -0.2) is 16.2 Å². The quantitative estimate of drug-likeness (QED) is 0.314. The Morgan fingerprint density at radius 3 is 2.53 bits per heavy atom. The van der Waals surface area contributed by atoms with Crippen molar-refractivity contribution in [2.24, 2.45) is 0 Å². The van der Waals surface area contributed by atoms with Crippen molar-refractivity contribution < 1.29 is 75.9 Å². The molecule has 0 spiro atoms. The van der Waals surface area contributed by atoms with Crippen LogP contribution >= 0.6 is 0 Å². The molecule has 0 aliphatic rings. The van der Waals surface area contributed by atoms with Crippen LogP contribution in [0.2, 0.25) is 0 Å². The molecule has 0 atom stereocenters. The smallest absolute Gasteiger partial charge is 0.545 e. The second kappa shape index (κ2) is 5.19. The second-order valence-corrected chi connectivity index (χ2v) is 3.08. The predicted octanol–water partition coefficient (Wildman–Crippen LogP) is -3.43. The molecule has 2 N–H and O–H groups in total. The standard InChI is InChI=1S/C10H6O6.K/c11-6-3-5(10(14)15)4-1-2-7(12)16-9(4)8(6)13;/h1-3,11,13H,(H,14,15);/q;+1/p-1. The number of aromatic hydroxyl groups is 2. The summed E-state index contributed by atoms with van der Waals surface area (Å²) in [5.74, 6) is -2.92. The normalized spacial score (nSPS) is 9.88. The Balaban J connectivity index is 0.00000144. The zero-order valence-corrected chi connectivity index (χ0v) is 11.9. The minimum absolute atomic E-state index is 0. The molecule has 0 aliphatic carbocycles. The summed E-state index contributed by atoms with van der Waals surface area (Å²) in [5, 5.41) is 29.3. The van der Waals surface area contributed by atoms with Crippen molar-refractivity contribution in [3.05, 3.63) is 34.2 Å². The fraction of sp³-hybridized carbons (Fsp3) is 0. The van der Waals surface area contributed by atoms with Gasteiger partial charge in [0.15, 0.2) is 11.3 Å². The third-order valence-corrected chi connectivity index (χ3v) is 2.08. The molecule has 2 rings (SSSR count). The van der Waals surface area contributed by atoms with Gasteiger partial charge in [-0.1, -0.05) is 0 Å². The maximum absolute atomic E-state index is 10.9. The van der Waals surface area contributed by atoms with Crippen molar-refractivity contribution in [2.45, 2.75) is 0 Å². The van der Waals surface area contributed by atoms with Gasteiger partial charge in [-0.15, -0.1) is 0 Å². The van der Waals surface area contributed by atoms with Crippen LogP contribution in [0, 0.1) is 0 Å². The average Bonchev–Trinajstić information content (AvgIpc) is 2.23. The van der Waals surface area contributed by atoms with Crippen molar-refractivity contribution in [3.63, 3.8) is 0 Å². The van der Waals surface area contributed by atoms with Crippen LogP contribution in [0.3, 0.4) is 0 Å². The van der Waals surface area contributed by atoms with Gasteiger partial charge in [-0.25, -0.2) is 4.79 Å². The van der Waals surface area contributed by atoms with Crippen molar-refractivity contribution in [2.75, 3.05) is 0 Å². The summed E-state index contributed by atoms with van der Waals surface area (Å²) in [7, 11) is 0. The number of phenols is 2. The Kier molecular flexibility index (Phi) is 4.34. The molecule has 6 nitrogen and oxygen atoms in total. The first-order chi connectivity index (χ1) is 7.50. The van der Waals surface area contributed by atoms with E-state index in [0.29, 0.717) is 0 Å². The van der Waals surface area contributed by atoms with E-state index in [4.69, 9.17) is 0 Å². The van der Waals surface area contributed by atoms with Gasteiger partial charge in [0.1, 0.15) is 0 Å². The first kappa shape index (κ1) is 14.2. The molecule has 0 radical (unpaired) electrons. The topological polar surface area (TPSA) is 111 Å². The number of carboxylic acids is 1. The molecule has 1 heterocycles. The summed E-state index contributed by atoms with van der Waals surface area (Å²) in [5.41, 5.74) is -1.52. The number of phenolic OH excluding ortho intramolecular Hbond substituents is 2. The van der Waals surface area contributed by atoms with Crippen LogP contribution in [0.1, 0.15) is 10.4 Å². The Labute approximate surface area is 137 Å². The monoisotopic (exact) mass is 260 g/mol. The molecule has 1 aromatic heterocycles. The minimum Gasteiger partial charge on any atom is -0.545 e. The third-order valence-electron chi connectivity index (χ3n) is 2.08. The van der Waals surface area contributed by atoms with E-state index in [1.807, 2.05) is 0 Å². The van der Waals surface area contributed by atoms with Gasteiger partial charge < -0.3 is 24.5 Å². The van der Waals surface area contributed by atoms with Gasteiger partial charge in [0.2, 0.25) is 5.75 Å². The maximum Gasteiger partial charge on any atom is 1.00 e. The fourth-order valence-electron chi connectivity index (χ4n) is 1.37. The SMILES string of the molecule is O=C([O-])c1cc(O)c(O)c2oc(=O)ccc12.[K+]. The number of carbonyl (C=O) groups is 1. The van der Waals surface area contributed by atoms with Crippen molar-refractivity contribution in [1.29, 1.82) is 0 Å². The summed E-state index contributed by atoms with van der Waals surface area (Å²) >= 11 is 0. The first-order valence-corrected chi connectivity index (χ1v) is 4.21. The molecule has 0 saturated carbocycles. The zero-order valence-electron chi connectivity index (χ0n) is 8.76. The van der Waals surface area contributed by atoms with Gasteiger partial charge in [0.05, 0.1) is 5.97 Å². The van der Waals surface area contributed by atoms with E-state index in [2.05, 4.69) is 4.42 Å². The molecule has 1 aromatic carbocycles. The van der Waals surface area contributed by atoms with Crippen molar-refractivity contribution >= 4 is 16.9 Å². The molecular weight excluding hydrogens is 255 g/mol. The molecule has 0 bridgehead atoms. The Morgan fingerprint density at radius 2 is 1.94 bits per heavy atom. The summed E-state index contributed by atoms with van der Waals surface area (Å²) in [6, 6.07) is 3.00. The third kappa shape index (κ3) is 2.53. The summed E-state index contributed by atoms with van der Waals surface area (Å²) in [4.78, 5) is 21.6. The molecule has 7 heteroatoms. The van der Waals surface area contributed by atoms with E-state index in [9.17, 15) is 24.9 Å². The fourth-order valence-corrected chi connectivity index (χ4v) is 1.37. The number of hydrogen-bond acceptors (Lipinski definition) is 6. The van der Waals surface area contributed by atoms with Crippen LogP contribution < -0.4 is 62.1 Å². The number of carbonyl (C=O) groups excluding carboxylic acids is 1. The zero-order chi connectivity index (χ0) is 11.9. The second-order valence-electron chi connectivity index (χ2n) is 3.08. The van der Waals surface area contributed by atoms with Crippen molar-refractivity contribution in [1.82, 2.24) is 0 Å². The summed E-state index contributed by atoms with van der Waals surface area (Å²) < 4.78 is 4.61. The number of benzene rings is 1. The molecule has 0 amide bonds. The van der Waals surface area contributed by atoms with Crippen LogP contribution in [0.25, 0.3) is 11.0 Å². The molecule has 2 aromatic rings. The van der Waals surface area contributed by atoms with Gasteiger partial charge >= 0.3 is 57.0 Å². The van der Waals surface area contributed by atoms with Crippen LogP contribution in [0.5, 0.6) is 11.5 Å². The number of fused-ring (bicyclic) bond motifs is 1. The van der Waals surface area contributed by atoms with Gasteiger partial charge in [0, 0.05) is 17.0 Å². The largest absolute Gasteiger partial charge is 1.00 e. The van der Waals surface area contributed by atoms with Gasteiger partial charge in [-0.05, 0) is 12.1 Å². The molecule has 82 valence electrons. The Hall–Kier alpha value is -0.864. The first-order valence-electron chi connectivity index (χ1n) is 4.21. The average molecular weight is 260 g/mol.